The lowest BCUT2D eigenvalue weighted by Crippen LogP contribution is -2.44. The average Bonchev–Trinajstić information content (AvgIpc) is 2.01. The molecule has 0 aromatic carbocycles. The van der Waals surface area contributed by atoms with Crippen LogP contribution in [0.15, 0.2) is 0 Å². The van der Waals surface area contributed by atoms with Gasteiger partial charge in [0, 0.05) is 6.42 Å². The van der Waals surface area contributed by atoms with Crippen LogP contribution in [0.25, 0.3) is 0 Å². The Morgan fingerprint density at radius 1 is 1.08 bits per heavy atom. The zero-order valence-corrected chi connectivity index (χ0v) is 13.9. The molecule has 0 saturated carbocycles. The predicted molar refractivity (Wildman–Crippen MR) is 64.0 cm³/mol. The standard InChI is InChI=1S/C7H22O3Si3/c1-6-7(8-11,9-12(2)3)10-13(4)5/h12-13H,6H2,1-5,11H3. The third kappa shape index (κ3) is 5.09. The Labute approximate surface area is 87.8 Å². The van der Waals surface area contributed by atoms with Crippen LogP contribution in [0.1, 0.15) is 13.3 Å². The highest BCUT2D eigenvalue weighted by Crippen LogP contribution is 2.20. The molecule has 0 aromatic heterocycles. The Balaban J connectivity index is 4.30. The van der Waals surface area contributed by atoms with Crippen molar-refractivity contribution in [1.29, 1.82) is 0 Å². The Morgan fingerprint density at radius 2 is 1.46 bits per heavy atom. The Morgan fingerprint density at radius 3 is 1.62 bits per heavy atom. The lowest BCUT2D eigenvalue weighted by atomic mass is 10.4. The molecule has 13 heavy (non-hydrogen) atoms. The molecule has 6 heteroatoms. The molecule has 0 radical (unpaired) electrons. The molecule has 0 spiro atoms. The monoisotopic (exact) mass is 238 g/mol. The molecule has 0 aliphatic rings. The average molecular weight is 239 g/mol. The SMILES string of the molecule is CCC(O[SiH3])(O[SiH](C)C)O[SiH](C)C. The van der Waals surface area contributed by atoms with Crippen LogP contribution in [0.3, 0.4) is 0 Å². The molecule has 0 amide bonds. The van der Waals surface area contributed by atoms with Crippen molar-refractivity contribution < 1.29 is 13.3 Å². The summed E-state index contributed by atoms with van der Waals surface area (Å²) in [5.74, 6) is -0.688. The van der Waals surface area contributed by atoms with Gasteiger partial charge in [-0.15, -0.1) is 0 Å². The van der Waals surface area contributed by atoms with Crippen LogP contribution < -0.4 is 0 Å². The van der Waals surface area contributed by atoms with E-state index in [1.807, 2.05) is 6.92 Å². The van der Waals surface area contributed by atoms with Gasteiger partial charge in [0.25, 0.3) is 5.97 Å². The van der Waals surface area contributed by atoms with Crippen molar-refractivity contribution in [3.63, 3.8) is 0 Å². The lowest BCUT2D eigenvalue weighted by molar-refractivity contribution is -0.259. The molecular weight excluding hydrogens is 216 g/mol. The molecular formula is C7H22O3Si3. The molecule has 0 unspecified atom stereocenters. The van der Waals surface area contributed by atoms with E-state index < -0.39 is 24.1 Å². The maximum absolute atomic E-state index is 5.81. The minimum atomic E-state index is -1.10. The molecule has 0 rings (SSSR count). The smallest absolute Gasteiger partial charge is 0.252 e. The Bertz CT molecular complexity index is 125. The van der Waals surface area contributed by atoms with Crippen LogP contribution in [-0.2, 0) is 13.3 Å². The minimum Gasteiger partial charge on any atom is -0.382 e. The van der Waals surface area contributed by atoms with Gasteiger partial charge in [0.1, 0.15) is 0 Å². The van der Waals surface area contributed by atoms with E-state index in [-0.39, 0.29) is 0 Å². The first-order chi connectivity index (χ1) is 5.95. The molecule has 0 aromatic rings. The first-order valence-electron chi connectivity index (χ1n) is 4.86. The van der Waals surface area contributed by atoms with Crippen LogP contribution >= 0.6 is 0 Å². The van der Waals surface area contributed by atoms with Gasteiger partial charge in [-0.2, -0.15) is 0 Å². The second-order valence-corrected chi connectivity index (χ2v) is 8.65. The van der Waals surface area contributed by atoms with Crippen molar-refractivity contribution in [2.24, 2.45) is 0 Å². The summed E-state index contributed by atoms with van der Waals surface area (Å²) < 4.78 is 17.1. The normalized spacial score (nSPS) is 13.2. The molecule has 0 aliphatic carbocycles. The Kier molecular flexibility index (Phi) is 6.35. The molecule has 0 saturated heterocycles. The maximum atomic E-state index is 5.81. The van der Waals surface area contributed by atoms with Crippen LogP contribution in [-0.4, -0.2) is 34.5 Å². The predicted octanol–water partition coefficient (Wildman–Crippen LogP) is 0.347. The highest BCUT2D eigenvalue weighted by molar-refractivity contribution is 6.49. The van der Waals surface area contributed by atoms with Gasteiger partial charge in [-0.1, -0.05) is 6.92 Å². The van der Waals surface area contributed by atoms with Crippen molar-refractivity contribution in [2.45, 2.75) is 45.5 Å². The van der Waals surface area contributed by atoms with Gasteiger partial charge in [0.2, 0.25) is 0 Å². The third-order valence-corrected chi connectivity index (χ3v) is 3.86. The van der Waals surface area contributed by atoms with Crippen LogP contribution in [0.2, 0.25) is 26.2 Å². The van der Waals surface area contributed by atoms with E-state index in [4.69, 9.17) is 13.3 Å². The molecule has 80 valence electrons. The first-order valence-corrected chi connectivity index (χ1v) is 11.2. The van der Waals surface area contributed by atoms with Gasteiger partial charge in [0.05, 0.1) is 0 Å². The van der Waals surface area contributed by atoms with Crippen molar-refractivity contribution in [3.8, 4) is 0 Å². The number of rotatable bonds is 6. The second-order valence-electron chi connectivity index (χ2n) is 3.57. The van der Waals surface area contributed by atoms with E-state index >= 15 is 0 Å². The number of hydrogen-bond donors (Lipinski definition) is 0. The largest absolute Gasteiger partial charge is 0.382 e. The minimum absolute atomic E-state index is 0.661. The molecule has 0 N–H and O–H groups in total. The first kappa shape index (κ1) is 13.5. The summed E-state index contributed by atoms with van der Waals surface area (Å²) in [7, 11) is -1.53. The second kappa shape index (κ2) is 6.10. The quantitative estimate of drug-likeness (QED) is 0.494. The van der Waals surface area contributed by atoms with Gasteiger partial charge in [-0.3, -0.25) is 0 Å². The fraction of sp³-hybridized carbons (Fsp3) is 1.00. The van der Waals surface area contributed by atoms with Gasteiger partial charge in [-0.05, 0) is 26.2 Å². The molecule has 0 heterocycles. The summed E-state index contributed by atoms with van der Waals surface area (Å²) in [5, 5.41) is 0. The summed E-state index contributed by atoms with van der Waals surface area (Å²) in [6, 6.07) is 0. The summed E-state index contributed by atoms with van der Waals surface area (Å²) in [6.07, 6.45) is 0.785. The lowest BCUT2D eigenvalue weighted by Gasteiger charge is -2.35. The van der Waals surface area contributed by atoms with E-state index in [1.54, 1.807) is 0 Å². The van der Waals surface area contributed by atoms with Gasteiger partial charge >= 0.3 is 0 Å². The van der Waals surface area contributed by atoms with Gasteiger partial charge in [0.15, 0.2) is 28.6 Å². The van der Waals surface area contributed by atoms with Crippen molar-refractivity contribution in [1.82, 2.24) is 0 Å². The van der Waals surface area contributed by atoms with E-state index in [1.165, 1.54) is 0 Å². The van der Waals surface area contributed by atoms with Gasteiger partial charge < -0.3 is 13.3 Å². The molecule has 0 atom stereocenters. The number of hydrogen-bond acceptors (Lipinski definition) is 3. The molecule has 0 bridgehead atoms. The highest BCUT2D eigenvalue weighted by atomic mass is 28.3. The fourth-order valence-electron chi connectivity index (χ4n) is 1.15. The van der Waals surface area contributed by atoms with E-state index in [0.717, 1.165) is 6.42 Å². The van der Waals surface area contributed by atoms with Crippen LogP contribution in [0.4, 0.5) is 0 Å². The third-order valence-electron chi connectivity index (χ3n) is 1.57. The molecule has 0 aliphatic heterocycles. The zero-order chi connectivity index (χ0) is 10.5. The van der Waals surface area contributed by atoms with Crippen LogP contribution in [0, 0.1) is 0 Å². The summed E-state index contributed by atoms with van der Waals surface area (Å²) in [4.78, 5) is 0. The topological polar surface area (TPSA) is 27.7 Å². The van der Waals surface area contributed by atoms with Crippen molar-refractivity contribution in [2.75, 3.05) is 0 Å². The summed E-state index contributed by atoms with van der Waals surface area (Å²) in [6.45, 7) is 10.6. The zero-order valence-electron chi connectivity index (χ0n) is 9.59. The maximum Gasteiger partial charge on any atom is 0.252 e. The Hall–Kier alpha value is 0.531. The molecule has 3 nitrogen and oxygen atoms in total. The fourth-order valence-corrected chi connectivity index (χ4v) is 4.20. The van der Waals surface area contributed by atoms with Crippen molar-refractivity contribution >= 4 is 28.6 Å². The van der Waals surface area contributed by atoms with Gasteiger partial charge in [-0.25, -0.2) is 0 Å². The summed E-state index contributed by atoms with van der Waals surface area (Å²) in [5.41, 5.74) is 0. The summed E-state index contributed by atoms with van der Waals surface area (Å²) >= 11 is 0. The van der Waals surface area contributed by atoms with Crippen LogP contribution in [0.5, 0.6) is 0 Å². The van der Waals surface area contributed by atoms with E-state index in [0.29, 0.717) is 10.5 Å². The van der Waals surface area contributed by atoms with E-state index in [9.17, 15) is 0 Å². The van der Waals surface area contributed by atoms with E-state index in [2.05, 4.69) is 26.2 Å². The highest BCUT2D eigenvalue weighted by Gasteiger charge is 2.31. The molecule has 0 fully saturated rings. The van der Waals surface area contributed by atoms with Crippen molar-refractivity contribution in [3.05, 3.63) is 0 Å².